The molecule has 1 aliphatic heterocycles. The van der Waals surface area contributed by atoms with Crippen molar-refractivity contribution in [3.8, 4) is 0 Å². The Balaban J connectivity index is 1.66. The number of aryl methyl sites for hydroxylation is 2. The van der Waals surface area contributed by atoms with Crippen molar-refractivity contribution in [1.29, 1.82) is 0 Å². The largest absolute Gasteiger partial charge is 0.462 e. The maximum atomic E-state index is 13.0. The highest BCUT2D eigenvalue weighted by atomic mass is 35.5. The first-order chi connectivity index (χ1) is 16.2. The molecule has 0 fully saturated rings. The number of hydrogen-bond acceptors (Lipinski definition) is 5. The molecule has 186 valence electrons. The normalized spacial score (nSPS) is 15.3. The van der Waals surface area contributed by atoms with E-state index in [1.165, 1.54) is 0 Å². The zero-order valence-electron chi connectivity index (χ0n) is 18.8. The number of hydrogen-bond donors (Lipinski definition) is 1. The Labute approximate surface area is 200 Å². The lowest BCUT2D eigenvalue weighted by molar-refractivity contribution is -0.137. The van der Waals surface area contributed by atoms with E-state index in [0.29, 0.717) is 62.9 Å². The molecule has 0 atom stereocenters. The molecule has 1 N–H and O–H groups in total. The van der Waals surface area contributed by atoms with Gasteiger partial charge >= 0.3 is 12.1 Å². The van der Waals surface area contributed by atoms with Gasteiger partial charge in [-0.25, -0.2) is 4.79 Å². The van der Waals surface area contributed by atoms with Gasteiger partial charge in [-0.05, 0) is 43.9 Å². The fourth-order valence-corrected chi connectivity index (χ4v) is 3.98. The lowest BCUT2D eigenvalue weighted by atomic mass is 10.1. The first kappa shape index (κ1) is 26.0. The minimum absolute atomic E-state index is 0.0297. The molecule has 1 amide bonds. The Morgan fingerprint density at radius 1 is 1.26 bits per heavy atom. The summed E-state index contributed by atoms with van der Waals surface area (Å²) in [6.07, 6.45) is -1.59. The summed E-state index contributed by atoms with van der Waals surface area (Å²) >= 11 is 5.73. The molecular formula is C23H27ClF3N3O4. The van der Waals surface area contributed by atoms with Gasteiger partial charge < -0.3 is 14.8 Å². The van der Waals surface area contributed by atoms with Crippen LogP contribution in [0.4, 0.5) is 13.2 Å². The summed E-state index contributed by atoms with van der Waals surface area (Å²) in [6.45, 7) is 3.97. The molecule has 0 unspecified atom stereocenters. The summed E-state index contributed by atoms with van der Waals surface area (Å²) < 4.78 is 51.4. The molecule has 0 saturated carbocycles. The van der Waals surface area contributed by atoms with Crippen molar-refractivity contribution in [3.63, 3.8) is 0 Å². The van der Waals surface area contributed by atoms with E-state index in [1.807, 2.05) is 6.92 Å². The third-order valence-corrected chi connectivity index (χ3v) is 5.57. The van der Waals surface area contributed by atoms with E-state index < -0.39 is 17.7 Å². The summed E-state index contributed by atoms with van der Waals surface area (Å²) in [5.74, 6) is -1.05. The van der Waals surface area contributed by atoms with Gasteiger partial charge in [0.25, 0.3) is 5.91 Å². The van der Waals surface area contributed by atoms with Crippen LogP contribution in [-0.2, 0) is 35.0 Å². The van der Waals surface area contributed by atoms with Crippen molar-refractivity contribution in [1.82, 2.24) is 15.1 Å². The molecule has 7 nitrogen and oxygen atoms in total. The number of nitrogens with one attached hydrogen (secondary N) is 1. The fourth-order valence-electron chi connectivity index (χ4n) is 3.74. The van der Waals surface area contributed by atoms with E-state index in [-0.39, 0.29) is 23.1 Å². The van der Waals surface area contributed by atoms with Crippen LogP contribution in [-0.4, -0.2) is 48.0 Å². The van der Waals surface area contributed by atoms with Crippen molar-refractivity contribution in [3.05, 3.63) is 51.3 Å². The van der Waals surface area contributed by atoms with E-state index >= 15 is 0 Å². The zero-order valence-corrected chi connectivity index (χ0v) is 19.6. The van der Waals surface area contributed by atoms with Crippen LogP contribution < -0.4 is 5.32 Å². The average Bonchev–Trinajstić information content (AvgIpc) is 3.12. The van der Waals surface area contributed by atoms with Gasteiger partial charge in [-0.1, -0.05) is 18.5 Å². The number of nitrogens with zero attached hydrogens (tertiary/aromatic N) is 2. The molecule has 11 heteroatoms. The van der Waals surface area contributed by atoms with Crippen LogP contribution in [0.5, 0.6) is 0 Å². The minimum atomic E-state index is -4.62. The number of fused-ring (bicyclic) bond motifs is 1. The number of alkyl halides is 3. The highest BCUT2D eigenvalue weighted by Gasteiger charge is 2.32. The van der Waals surface area contributed by atoms with Crippen molar-refractivity contribution in [2.75, 3.05) is 26.4 Å². The Kier molecular flexibility index (Phi) is 8.96. The van der Waals surface area contributed by atoms with E-state index in [1.54, 1.807) is 4.68 Å². The predicted octanol–water partition coefficient (Wildman–Crippen LogP) is 4.45. The molecule has 2 heterocycles. The fraction of sp³-hybridized carbons (Fsp3) is 0.522. The number of rotatable bonds is 6. The Hall–Kier alpha value is -2.59. The van der Waals surface area contributed by atoms with Crippen molar-refractivity contribution in [2.24, 2.45) is 0 Å². The standard InChI is InChI=1S/C23H27ClF3N3O4/c1-2-18-20-19(6-3-9-33-10-4-7-28-21(20)31)30(29-18)8-5-11-34-22(32)15-12-16(23(25,26)27)14-17(24)13-15/h12-14H,2-11H2,1H3,(H,28,31). The van der Waals surface area contributed by atoms with Crippen LogP contribution in [0.25, 0.3) is 0 Å². The highest BCUT2D eigenvalue weighted by molar-refractivity contribution is 6.31. The summed E-state index contributed by atoms with van der Waals surface area (Å²) in [7, 11) is 0. The van der Waals surface area contributed by atoms with Crippen LogP contribution in [0, 0.1) is 0 Å². The van der Waals surface area contributed by atoms with Gasteiger partial charge in [-0.15, -0.1) is 0 Å². The number of carbonyl (C=O) groups excluding carboxylic acids is 2. The minimum Gasteiger partial charge on any atom is -0.462 e. The molecule has 0 radical (unpaired) electrons. The van der Waals surface area contributed by atoms with E-state index in [9.17, 15) is 22.8 Å². The number of amides is 1. The van der Waals surface area contributed by atoms with Gasteiger partial charge in [-0.3, -0.25) is 9.48 Å². The van der Waals surface area contributed by atoms with Crippen molar-refractivity contribution >= 4 is 23.5 Å². The number of benzene rings is 1. The van der Waals surface area contributed by atoms with Gasteiger partial charge in [0.1, 0.15) is 0 Å². The third kappa shape index (κ3) is 6.73. The van der Waals surface area contributed by atoms with Crippen LogP contribution in [0.3, 0.4) is 0 Å². The smallest absolute Gasteiger partial charge is 0.416 e. The molecule has 1 aromatic carbocycles. The Morgan fingerprint density at radius 3 is 2.76 bits per heavy atom. The average molecular weight is 502 g/mol. The molecular weight excluding hydrogens is 475 g/mol. The topological polar surface area (TPSA) is 82.5 Å². The zero-order chi connectivity index (χ0) is 24.7. The number of halogens is 4. The number of carbonyl (C=O) groups is 2. The van der Waals surface area contributed by atoms with Gasteiger partial charge in [-0.2, -0.15) is 18.3 Å². The Bertz CT molecular complexity index is 1020. The van der Waals surface area contributed by atoms with Gasteiger partial charge in [0, 0.05) is 37.7 Å². The van der Waals surface area contributed by atoms with Crippen LogP contribution >= 0.6 is 11.6 Å². The first-order valence-electron chi connectivity index (χ1n) is 11.2. The third-order valence-electron chi connectivity index (χ3n) is 5.35. The monoisotopic (exact) mass is 501 g/mol. The summed E-state index contributed by atoms with van der Waals surface area (Å²) in [6, 6.07) is 2.60. The molecule has 2 aromatic rings. The second-order valence-corrected chi connectivity index (χ2v) is 8.32. The van der Waals surface area contributed by atoms with Crippen molar-refractivity contribution < 1.29 is 32.2 Å². The van der Waals surface area contributed by atoms with Crippen LogP contribution in [0.2, 0.25) is 5.02 Å². The maximum absolute atomic E-state index is 13.0. The molecule has 0 spiro atoms. The lowest BCUT2D eigenvalue weighted by Gasteiger charge is -2.11. The van der Waals surface area contributed by atoms with E-state index in [4.69, 9.17) is 21.1 Å². The molecule has 0 aliphatic carbocycles. The molecule has 1 aliphatic rings. The summed E-state index contributed by atoms with van der Waals surface area (Å²) in [4.78, 5) is 25.0. The second kappa shape index (κ2) is 11.7. The summed E-state index contributed by atoms with van der Waals surface area (Å²) in [5, 5.41) is 7.30. The number of ether oxygens (including phenoxy) is 2. The molecule has 3 rings (SSSR count). The van der Waals surface area contributed by atoms with E-state index in [0.717, 1.165) is 30.7 Å². The maximum Gasteiger partial charge on any atom is 0.416 e. The molecule has 1 aromatic heterocycles. The van der Waals surface area contributed by atoms with Crippen LogP contribution in [0.1, 0.15) is 63.9 Å². The van der Waals surface area contributed by atoms with Gasteiger partial charge in [0.05, 0.1) is 34.7 Å². The number of aromatic nitrogens is 2. The van der Waals surface area contributed by atoms with E-state index in [2.05, 4.69) is 10.4 Å². The lowest BCUT2D eigenvalue weighted by Crippen LogP contribution is -2.26. The van der Waals surface area contributed by atoms with Crippen LogP contribution in [0.15, 0.2) is 18.2 Å². The molecule has 34 heavy (non-hydrogen) atoms. The highest BCUT2D eigenvalue weighted by Crippen LogP contribution is 2.32. The molecule has 0 saturated heterocycles. The SMILES string of the molecule is CCc1nn(CCCOC(=O)c2cc(Cl)cc(C(F)(F)F)c2)c2c1C(=O)NCCCOCCC2. The quantitative estimate of drug-likeness (QED) is 0.467. The Morgan fingerprint density at radius 2 is 2.03 bits per heavy atom. The van der Waals surface area contributed by atoms with Crippen molar-refractivity contribution in [2.45, 2.75) is 51.7 Å². The molecule has 0 bridgehead atoms. The second-order valence-electron chi connectivity index (χ2n) is 7.89. The first-order valence-corrected chi connectivity index (χ1v) is 11.6. The van der Waals surface area contributed by atoms with Gasteiger partial charge in [0.2, 0.25) is 0 Å². The predicted molar refractivity (Wildman–Crippen MR) is 119 cm³/mol. The summed E-state index contributed by atoms with van der Waals surface area (Å²) in [5.41, 5.74) is 0.801. The van der Waals surface area contributed by atoms with Gasteiger partial charge in [0.15, 0.2) is 0 Å². The number of esters is 1.